The van der Waals surface area contributed by atoms with Crippen molar-refractivity contribution in [2.24, 2.45) is 5.92 Å². The Balaban J connectivity index is 1.06. The third-order valence-corrected chi connectivity index (χ3v) is 11.5. The number of benzene rings is 2. The zero-order chi connectivity index (χ0) is 33.7. The summed E-state index contributed by atoms with van der Waals surface area (Å²) in [7, 11) is 2.00. The smallest absolute Gasteiger partial charge is 0.421 e. The number of nitrogens with one attached hydrogen (secondary N) is 1. The summed E-state index contributed by atoms with van der Waals surface area (Å²) in [5.41, 5.74) is 2.86. The van der Waals surface area contributed by atoms with Crippen LogP contribution in [0.15, 0.2) is 48.5 Å². The molecule has 4 heterocycles. The number of likely N-dealkylation sites (tertiary alicyclic amines) is 3. The molecule has 3 atom stereocenters. The molecule has 0 aliphatic carbocycles. The molecule has 0 bridgehead atoms. The molecule has 0 spiro atoms. The molecule has 4 aliphatic rings. The normalized spacial score (nSPS) is 25.1. The van der Waals surface area contributed by atoms with Crippen LogP contribution in [0, 0.1) is 5.92 Å². The van der Waals surface area contributed by atoms with Crippen LogP contribution in [0.4, 0.5) is 15.3 Å². The first-order valence-corrected chi connectivity index (χ1v) is 18.2. The highest BCUT2D eigenvalue weighted by molar-refractivity contribution is 5.86. The summed E-state index contributed by atoms with van der Waals surface area (Å²) in [5.74, 6) is 0.790. The van der Waals surface area contributed by atoms with Gasteiger partial charge in [0.15, 0.2) is 6.10 Å². The average Bonchev–Trinajstić information content (AvgIpc) is 3.24. The molecule has 260 valence electrons. The summed E-state index contributed by atoms with van der Waals surface area (Å²) in [6, 6.07) is 15.3. The third-order valence-electron chi connectivity index (χ3n) is 11.5. The number of fused-ring (bicyclic) bond motifs is 1. The minimum atomic E-state index is -0.945. The number of ether oxygens (including phenoxy) is 1. The fraction of sp³-hybridized carbons (Fsp3) is 0.605. The van der Waals surface area contributed by atoms with Gasteiger partial charge in [-0.05, 0) is 73.9 Å². The molecule has 6 rings (SSSR count). The predicted molar refractivity (Wildman–Crippen MR) is 186 cm³/mol. The van der Waals surface area contributed by atoms with Crippen LogP contribution < -0.4 is 5.32 Å². The second kappa shape index (κ2) is 15.3. The molecule has 1 unspecified atom stereocenters. The molecule has 3 saturated heterocycles. The number of piperidine rings is 3. The molecule has 10 heteroatoms. The van der Waals surface area contributed by atoms with Crippen molar-refractivity contribution in [2.45, 2.75) is 89.3 Å². The van der Waals surface area contributed by atoms with Crippen LogP contribution in [0.2, 0.25) is 0 Å². The second-order valence-electron chi connectivity index (χ2n) is 14.6. The van der Waals surface area contributed by atoms with Gasteiger partial charge in [0.1, 0.15) is 11.8 Å². The van der Waals surface area contributed by atoms with Gasteiger partial charge < -0.3 is 19.6 Å². The number of carbonyl (C=O) groups is 3. The maximum atomic E-state index is 14.0. The van der Waals surface area contributed by atoms with E-state index in [1.54, 1.807) is 29.2 Å². The lowest BCUT2D eigenvalue weighted by Gasteiger charge is -2.43. The van der Waals surface area contributed by atoms with Gasteiger partial charge in [-0.3, -0.25) is 15.0 Å². The van der Waals surface area contributed by atoms with Crippen LogP contribution in [-0.4, -0.2) is 113 Å². The van der Waals surface area contributed by atoms with Crippen molar-refractivity contribution in [1.82, 2.24) is 14.7 Å². The van der Waals surface area contributed by atoms with Gasteiger partial charge in [-0.1, -0.05) is 43.7 Å². The quantitative estimate of drug-likeness (QED) is 0.356. The van der Waals surface area contributed by atoms with Crippen LogP contribution >= 0.6 is 0 Å². The molecule has 4 amide bonds. The number of nitrogens with zero attached hydrogens (tertiary/aromatic N) is 4. The summed E-state index contributed by atoms with van der Waals surface area (Å²) in [4.78, 5) is 47.3. The topological polar surface area (TPSA) is 102 Å². The molecule has 2 N–H and O–H groups in total. The highest BCUT2D eigenvalue weighted by Gasteiger charge is 2.44. The van der Waals surface area contributed by atoms with E-state index in [-0.39, 0.29) is 34.6 Å². The van der Waals surface area contributed by atoms with Gasteiger partial charge in [0, 0.05) is 70.1 Å². The minimum Gasteiger partial charge on any atom is -0.508 e. The lowest BCUT2D eigenvalue weighted by atomic mass is 9.91. The number of amides is 4. The molecular weight excluding hydrogens is 606 g/mol. The molecule has 0 radical (unpaired) electrons. The molecule has 48 heavy (non-hydrogen) atoms. The predicted octanol–water partition coefficient (Wildman–Crippen LogP) is 5.64. The van der Waals surface area contributed by atoms with Gasteiger partial charge in [-0.25, -0.2) is 14.1 Å². The van der Waals surface area contributed by atoms with Crippen LogP contribution in [0.5, 0.6) is 5.75 Å². The molecule has 0 aromatic heterocycles. The Kier molecular flexibility index (Phi) is 10.9. The van der Waals surface area contributed by atoms with Crippen molar-refractivity contribution in [1.29, 1.82) is 0 Å². The van der Waals surface area contributed by atoms with Gasteiger partial charge >= 0.3 is 12.1 Å². The van der Waals surface area contributed by atoms with Crippen LogP contribution in [0.3, 0.4) is 0 Å². The van der Waals surface area contributed by atoms with E-state index < -0.39 is 12.2 Å². The number of phenols is 1. The van der Waals surface area contributed by atoms with Crippen LogP contribution in [-0.2, 0) is 22.4 Å². The SMILES string of the molecule is CCC[C@@H]1CCCN(C2CCN(C(=O)[C@@H](Cc3ccc(O)cc3)OC(=O)N3CCC([N+]4(C)CCc5ccccc5NC4=O)CC3)CC2)C1. The summed E-state index contributed by atoms with van der Waals surface area (Å²) < 4.78 is 6.33. The van der Waals surface area contributed by atoms with E-state index in [2.05, 4.69) is 23.2 Å². The highest BCUT2D eigenvalue weighted by atomic mass is 16.6. The van der Waals surface area contributed by atoms with Crippen molar-refractivity contribution in [3.05, 3.63) is 59.7 Å². The van der Waals surface area contributed by atoms with Crippen molar-refractivity contribution >= 4 is 23.7 Å². The van der Waals surface area contributed by atoms with E-state index in [0.717, 1.165) is 48.5 Å². The van der Waals surface area contributed by atoms with E-state index in [1.165, 1.54) is 32.2 Å². The number of hydrogen-bond donors (Lipinski definition) is 2. The van der Waals surface area contributed by atoms with E-state index >= 15 is 0 Å². The van der Waals surface area contributed by atoms with Crippen molar-refractivity contribution < 1.29 is 28.7 Å². The third kappa shape index (κ3) is 7.81. The number of para-hydroxylation sites is 1. The van der Waals surface area contributed by atoms with Crippen molar-refractivity contribution in [3.63, 3.8) is 0 Å². The average molecular weight is 661 g/mol. The zero-order valence-electron chi connectivity index (χ0n) is 28.8. The lowest BCUT2D eigenvalue weighted by molar-refractivity contribution is -0.855. The Bertz CT molecular complexity index is 1420. The molecule has 10 nitrogen and oxygen atoms in total. The van der Waals surface area contributed by atoms with E-state index in [4.69, 9.17) is 4.74 Å². The van der Waals surface area contributed by atoms with Gasteiger partial charge in [-0.15, -0.1) is 0 Å². The molecule has 0 saturated carbocycles. The van der Waals surface area contributed by atoms with Gasteiger partial charge in [-0.2, -0.15) is 0 Å². The molecule has 3 fully saturated rings. The summed E-state index contributed by atoms with van der Waals surface area (Å²) in [5, 5.41) is 12.9. The first-order chi connectivity index (χ1) is 23.2. The number of likely N-dealkylation sites (N-methyl/N-ethyl adjacent to an activating group) is 1. The number of hydrogen-bond acceptors (Lipinski definition) is 6. The Morgan fingerprint density at radius 1 is 0.958 bits per heavy atom. The summed E-state index contributed by atoms with van der Waals surface area (Å²) >= 11 is 0. The largest absolute Gasteiger partial charge is 0.508 e. The Labute approximate surface area is 285 Å². The number of quaternary nitrogens is 1. The van der Waals surface area contributed by atoms with Crippen LogP contribution in [0.25, 0.3) is 0 Å². The number of rotatable bonds is 8. The van der Waals surface area contributed by atoms with Gasteiger partial charge in [0.25, 0.3) is 5.91 Å². The first kappa shape index (κ1) is 34.2. The second-order valence-corrected chi connectivity index (χ2v) is 14.6. The fourth-order valence-corrected chi connectivity index (χ4v) is 8.47. The maximum absolute atomic E-state index is 14.0. The minimum absolute atomic E-state index is 0.00892. The van der Waals surface area contributed by atoms with Gasteiger partial charge in [0.2, 0.25) is 0 Å². The van der Waals surface area contributed by atoms with E-state index in [9.17, 15) is 19.5 Å². The van der Waals surface area contributed by atoms with E-state index in [0.29, 0.717) is 51.6 Å². The molecular formula is C38H54N5O5+. The maximum Gasteiger partial charge on any atom is 0.421 e. The summed E-state index contributed by atoms with van der Waals surface area (Å²) in [6.07, 6.45) is 7.97. The number of anilines is 1. The van der Waals surface area contributed by atoms with Crippen molar-refractivity contribution in [3.8, 4) is 5.75 Å². The number of carbonyl (C=O) groups excluding carboxylic acids is 3. The van der Waals surface area contributed by atoms with Gasteiger partial charge in [0.05, 0.1) is 13.6 Å². The Hall–Kier alpha value is -3.63. The molecule has 2 aromatic carbocycles. The molecule has 2 aromatic rings. The Morgan fingerprint density at radius 2 is 1.67 bits per heavy atom. The summed E-state index contributed by atoms with van der Waals surface area (Å²) in [6.45, 7) is 7.55. The lowest BCUT2D eigenvalue weighted by Crippen LogP contribution is -2.61. The standard InChI is InChI=1S/C38H53N5O5/c1-3-7-29-8-6-20-42(27-29)31-15-21-40(22-16-31)36(45)35(26-28-11-13-33(44)14-12-28)48-38(47)41-23-17-32(18-24-41)43(2)25-19-30-9-4-5-10-34(30)39-37(43)46/h4-5,9-14,29,31-32,35H,3,6-8,15-27H2,1-2H3,(H-,39,44,46)/p+1/t29-,35-,43?/m1/s1. The number of aromatic hydroxyl groups is 1. The van der Waals surface area contributed by atoms with Crippen LogP contribution in [0.1, 0.15) is 69.4 Å². The first-order valence-electron chi connectivity index (χ1n) is 18.2. The highest BCUT2D eigenvalue weighted by Crippen LogP contribution is 2.30. The zero-order valence-corrected chi connectivity index (χ0v) is 28.8. The number of phenolic OH excluding ortho intramolecular Hbond substituents is 1. The van der Waals surface area contributed by atoms with Crippen molar-refractivity contribution in [2.75, 3.05) is 58.2 Å². The van der Waals surface area contributed by atoms with E-state index in [1.807, 2.05) is 30.1 Å². The Morgan fingerprint density at radius 3 is 2.40 bits per heavy atom. The number of urea groups is 1. The fourth-order valence-electron chi connectivity index (χ4n) is 8.47. The monoisotopic (exact) mass is 660 g/mol. The molecule has 4 aliphatic heterocycles.